The average Bonchev–Trinajstić information content (AvgIpc) is 3.40. The number of rotatable bonds is 4. The number of hydrogen-bond acceptors (Lipinski definition) is 6. The number of amides is 1. The van der Waals surface area contributed by atoms with Crippen molar-refractivity contribution in [3.05, 3.63) is 68.9 Å². The summed E-state index contributed by atoms with van der Waals surface area (Å²) >= 11 is 3.14. The lowest BCUT2D eigenvalue weighted by Crippen LogP contribution is -2.16. The molecule has 7 heteroatoms. The van der Waals surface area contributed by atoms with Crippen molar-refractivity contribution in [1.29, 1.82) is 0 Å². The Kier molecular flexibility index (Phi) is 5.76. The minimum absolute atomic E-state index is 0.250. The summed E-state index contributed by atoms with van der Waals surface area (Å²) in [4.78, 5) is 34.4. The predicted octanol–water partition coefficient (Wildman–Crippen LogP) is 6.50. The molecule has 1 N–H and O–H groups in total. The molecule has 3 aromatic heterocycles. The number of para-hydroxylation sites is 1. The number of benzene rings is 1. The first kappa shape index (κ1) is 21.8. The van der Waals surface area contributed by atoms with Gasteiger partial charge in [-0.1, -0.05) is 25.1 Å². The number of anilines is 1. The number of fused-ring (bicyclic) bond motifs is 2. The van der Waals surface area contributed by atoms with Crippen LogP contribution in [-0.2, 0) is 17.6 Å². The van der Waals surface area contributed by atoms with Crippen molar-refractivity contribution in [2.45, 2.75) is 33.1 Å². The Labute approximate surface area is 200 Å². The van der Waals surface area contributed by atoms with Gasteiger partial charge < -0.3 is 10.1 Å². The van der Waals surface area contributed by atoms with E-state index in [9.17, 15) is 9.59 Å². The van der Waals surface area contributed by atoms with Crippen LogP contribution in [0.3, 0.4) is 0 Å². The average molecular weight is 477 g/mol. The summed E-state index contributed by atoms with van der Waals surface area (Å²) in [7, 11) is 1.38. The van der Waals surface area contributed by atoms with E-state index in [2.05, 4.69) is 25.2 Å². The molecular weight excluding hydrogens is 452 g/mol. The summed E-state index contributed by atoms with van der Waals surface area (Å²) in [6.07, 6.45) is 2.77. The van der Waals surface area contributed by atoms with Gasteiger partial charge in [-0.25, -0.2) is 9.78 Å². The fourth-order valence-corrected chi connectivity index (χ4v) is 6.61. The van der Waals surface area contributed by atoms with Crippen molar-refractivity contribution < 1.29 is 14.3 Å². The van der Waals surface area contributed by atoms with Gasteiger partial charge in [-0.3, -0.25) is 4.79 Å². The summed E-state index contributed by atoms with van der Waals surface area (Å²) < 4.78 is 5.07. The van der Waals surface area contributed by atoms with E-state index in [1.807, 2.05) is 36.4 Å². The summed E-state index contributed by atoms with van der Waals surface area (Å²) in [5.41, 5.74) is 3.60. The molecule has 1 amide bonds. The van der Waals surface area contributed by atoms with Gasteiger partial charge in [0.05, 0.1) is 34.3 Å². The number of thiophene rings is 2. The third-order valence-electron chi connectivity index (χ3n) is 6.08. The van der Waals surface area contributed by atoms with Crippen molar-refractivity contribution >= 4 is 50.5 Å². The van der Waals surface area contributed by atoms with Gasteiger partial charge in [0, 0.05) is 15.1 Å². The fourth-order valence-electron chi connectivity index (χ4n) is 4.39. The highest BCUT2D eigenvalue weighted by Crippen LogP contribution is 2.40. The van der Waals surface area contributed by atoms with Crippen molar-refractivity contribution in [2.75, 3.05) is 12.4 Å². The normalized spacial score (nSPS) is 15.3. The van der Waals surface area contributed by atoms with Gasteiger partial charge in [-0.05, 0) is 61.9 Å². The number of nitrogens with zero attached hydrogens (tertiary/aromatic N) is 1. The van der Waals surface area contributed by atoms with Crippen LogP contribution in [0.5, 0.6) is 0 Å². The number of aryl methyl sites for hydroxylation is 1. The maximum absolute atomic E-state index is 13.6. The molecule has 5 rings (SSSR count). The maximum Gasteiger partial charge on any atom is 0.341 e. The highest BCUT2D eigenvalue weighted by atomic mass is 32.1. The molecule has 3 heterocycles. The first-order valence-electron chi connectivity index (χ1n) is 11.0. The van der Waals surface area contributed by atoms with Gasteiger partial charge in [0.1, 0.15) is 5.00 Å². The Morgan fingerprint density at radius 1 is 1.15 bits per heavy atom. The van der Waals surface area contributed by atoms with E-state index in [-0.39, 0.29) is 5.91 Å². The molecule has 1 aliphatic carbocycles. The van der Waals surface area contributed by atoms with E-state index in [4.69, 9.17) is 9.72 Å². The highest BCUT2D eigenvalue weighted by Gasteiger charge is 2.29. The molecule has 4 aromatic rings. The second-order valence-corrected chi connectivity index (χ2v) is 10.9. The standard InChI is InChI=1S/C26H24N2O3S2/c1-14-8-10-17-22(12-14)33-25(23(17)26(30)31-3)28-24(29)18-13-20(21-11-9-15(2)32-21)27-19-7-5-4-6-16(18)19/h4-7,9,11,13-14H,8,10,12H2,1-3H3,(H,28,29). The zero-order valence-electron chi connectivity index (χ0n) is 18.7. The third-order valence-corrected chi connectivity index (χ3v) is 8.27. The molecule has 5 nitrogen and oxygen atoms in total. The first-order chi connectivity index (χ1) is 15.9. The predicted molar refractivity (Wildman–Crippen MR) is 135 cm³/mol. The molecule has 1 aliphatic rings. The number of nitrogens with one attached hydrogen (secondary N) is 1. The van der Waals surface area contributed by atoms with Gasteiger partial charge in [0.25, 0.3) is 5.91 Å². The number of methoxy groups -OCH3 is 1. The highest BCUT2D eigenvalue weighted by molar-refractivity contribution is 7.17. The van der Waals surface area contributed by atoms with Crippen LogP contribution in [0, 0.1) is 12.8 Å². The summed E-state index contributed by atoms with van der Waals surface area (Å²) in [5, 5.41) is 4.39. The lowest BCUT2D eigenvalue weighted by atomic mass is 9.88. The smallest absolute Gasteiger partial charge is 0.341 e. The van der Waals surface area contributed by atoms with Gasteiger partial charge in [0.2, 0.25) is 0 Å². The van der Waals surface area contributed by atoms with Crippen LogP contribution in [0.1, 0.15) is 49.4 Å². The second kappa shape index (κ2) is 8.72. The monoisotopic (exact) mass is 476 g/mol. The quantitative estimate of drug-likeness (QED) is 0.342. The molecule has 0 aliphatic heterocycles. The third kappa shape index (κ3) is 4.07. The largest absolute Gasteiger partial charge is 0.465 e. The van der Waals surface area contributed by atoms with E-state index in [1.54, 1.807) is 11.3 Å². The topological polar surface area (TPSA) is 68.3 Å². The van der Waals surface area contributed by atoms with E-state index >= 15 is 0 Å². The first-order valence-corrected chi connectivity index (χ1v) is 12.6. The van der Waals surface area contributed by atoms with Crippen LogP contribution in [0.25, 0.3) is 21.5 Å². The number of pyridine rings is 1. The Morgan fingerprint density at radius 2 is 1.97 bits per heavy atom. The van der Waals surface area contributed by atoms with Crippen LogP contribution < -0.4 is 5.32 Å². The Bertz CT molecular complexity index is 1390. The molecule has 0 spiro atoms. The summed E-state index contributed by atoms with van der Waals surface area (Å²) in [6, 6.07) is 13.6. The molecule has 0 bridgehead atoms. The number of hydrogen-bond donors (Lipinski definition) is 1. The zero-order valence-corrected chi connectivity index (χ0v) is 20.4. The molecule has 168 valence electrons. The van der Waals surface area contributed by atoms with Gasteiger partial charge in [-0.15, -0.1) is 22.7 Å². The van der Waals surface area contributed by atoms with Crippen molar-refractivity contribution in [3.63, 3.8) is 0 Å². The van der Waals surface area contributed by atoms with Crippen LogP contribution in [0.4, 0.5) is 5.00 Å². The Morgan fingerprint density at radius 3 is 2.73 bits per heavy atom. The van der Waals surface area contributed by atoms with Crippen molar-refractivity contribution in [1.82, 2.24) is 4.98 Å². The van der Waals surface area contributed by atoms with Gasteiger partial charge in [-0.2, -0.15) is 0 Å². The van der Waals surface area contributed by atoms with E-state index < -0.39 is 5.97 Å². The minimum atomic E-state index is -0.397. The van der Waals surface area contributed by atoms with Crippen LogP contribution in [0.15, 0.2) is 42.5 Å². The van der Waals surface area contributed by atoms with Crippen LogP contribution in [0.2, 0.25) is 0 Å². The van der Waals surface area contributed by atoms with Gasteiger partial charge >= 0.3 is 5.97 Å². The maximum atomic E-state index is 13.6. The Hall–Kier alpha value is -3.03. The fraction of sp³-hybridized carbons (Fsp3) is 0.269. The SMILES string of the molecule is COC(=O)c1c(NC(=O)c2cc(-c3ccc(C)s3)nc3ccccc23)sc2c1CCC(C)C2. The zero-order chi connectivity index (χ0) is 23.1. The van der Waals surface area contributed by atoms with Crippen molar-refractivity contribution in [2.24, 2.45) is 5.92 Å². The lowest BCUT2D eigenvalue weighted by Gasteiger charge is -2.18. The molecular formula is C26H24N2O3S2. The summed E-state index contributed by atoms with van der Waals surface area (Å²) in [6.45, 7) is 4.27. The van der Waals surface area contributed by atoms with E-state index in [0.717, 1.165) is 46.3 Å². The molecule has 1 atom stereocenters. The number of carbonyl (C=O) groups excluding carboxylic acids is 2. The summed E-state index contributed by atoms with van der Waals surface area (Å²) in [5.74, 6) is -0.0854. The van der Waals surface area contributed by atoms with Gasteiger partial charge in [0.15, 0.2) is 0 Å². The number of ether oxygens (including phenoxy) is 1. The molecule has 0 saturated heterocycles. The van der Waals surface area contributed by atoms with Crippen LogP contribution in [-0.4, -0.2) is 24.0 Å². The Balaban J connectivity index is 1.58. The number of carbonyl (C=O) groups is 2. The van der Waals surface area contributed by atoms with E-state index in [0.29, 0.717) is 22.0 Å². The number of aromatic nitrogens is 1. The molecule has 1 unspecified atom stereocenters. The minimum Gasteiger partial charge on any atom is -0.465 e. The van der Waals surface area contributed by atoms with Crippen LogP contribution >= 0.6 is 22.7 Å². The molecule has 1 aromatic carbocycles. The molecule has 33 heavy (non-hydrogen) atoms. The molecule has 0 fully saturated rings. The molecule has 0 radical (unpaired) electrons. The van der Waals surface area contributed by atoms with E-state index in [1.165, 1.54) is 28.2 Å². The second-order valence-electron chi connectivity index (χ2n) is 8.48. The number of esters is 1. The van der Waals surface area contributed by atoms with Crippen molar-refractivity contribution in [3.8, 4) is 10.6 Å². The molecule has 0 saturated carbocycles. The lowest BCUT2D eigenvalue weighted by molar-refractivity contribution is 0.0601.